The van der Waals surface area contributed by atoms with Crippen LogP contribution in [0.5, 0.6) is 5.88 Å². The molecule has 1 aromatic heterocycles. The molecular weight excluding hydrogens is 306 g/mol. The molecule has 1 aliphatic rings. The number of nitrogens with zero attached hydrogens (tertiary/aromatic N) is 3. The number of benzene rings is 1. The number of aromatic nitrogens is 2. The van der Waals surface area contributed by atoms with Crippen LogP contribution in [-0.4, -0.2) is 49.0 Å². The molecule has 1 aromatic carbocycles. The number of hydrogen-bond acceptors (Lipinski definition) is 6. The first-order valence-corrected chi connectivity index (χ1v) is 8.13. The van der Waals surface area contributed by atoms with Gasteiger partial charge in [-0.25, -0.2) is 4.98 Å². The van der Waals surface area contributed by atoms with Gasteiger partial charge in [0.2, 0.25) is 11.8 Å². The quantitative estimate of drug-likeness (QED) is 0.810. The Balaban J connectivity index is 1.65. The molecule has 0 N–H and O–H groups in total. The molecule has 0 saturated carbocycles. The van der Waals surface area contributed by atoms with E-state index in [0.29, 0.717) is 31.6 Å². The number of hydrogen-bond donors (Lipinski definition) is 0. The first-order valence-electron chi connectivity index (χ1n) is 8.13. The zero-order valence-electron chi connectivity index (χ0n) is 14.1. The molecule has 6 heteroatoms. The minimum Gasteiger partial charge on any atom is -0.473 e. The van der Waals surface area contributed by atoms with Gasteiger partial charge in [0.1, 0.15) is 6.61 Å². The summed E-state index contributed by atoms with van der Waals surface area (Å²) in [6.07, 6.45) is 1.86. The van der Waals surface area contributed by atoms with Crippen molar-refractivity contribution in [2.24, 2.45) is 0 Å². The summed E-state index contributed by atoms with van der Waals surface area (Å²) in [7, 11) is 1.68. The minimum atomic E-state index is 0.0243. The van der Waals surface area contributed by atoms with Crippen molar-refractivity contribution in [2.75, 3.05) is 31.7 Å². The van der Waals surface area contributed by atoms with Crippen molar-refractivity contribution in [2.45, 2.75) is 25.7 Å². The van der Waals surface area contributed by atoms with Gasteiger partial charge in [0, 0.05) is 32.5 Å². The zero-order valence-corrected chi connectivity index (χ0v) is 14.1. The number of ether oxygens (including phenoxy) is 3. The van der Waals surface area contributed by atoms with Crippen LogP contribution in [0.3, 0.4) is 0 Å². The Bertz CT molecular complexity index is 638. The number of rotatable bonds is 6. The van der Waals surface area contributed by atoms with Gasteiger partial charge in [0.05, 0.1) is 18.8 Å². The van der Waals surface area contributed by atoms with Crippen LogP contribution in [-0.2, 0) is 16.1 Å². The summed E-state index contributed by atoms with van der Waals surface area (Å²) >= 11 is 0. The molecule has 2 unspecified atom stereocenters. The van der Waals surface area contributed by atoms with E-state index >= 15 is 0 Å². The minimum absolute atomic E-state index is 0.0243. The van der Waals surface area contributed by atoms with Crippen LogP contribution in [0.25, 0.3) is 0 Å². The van der Waals surface area contributed by atoms with Crippen molar-refractivity contribution in [1.82, 2.24) is 9.97 Å². The van der Waals surface area contributed by atoms with Crippen molar-refractivity contribution in [1.29, 1.82) is 0 Å². The van der Waals surface area contributed by atoms with Crippen LogP contribution in [0, 0.1) is 0 Å². The lowest BCUT2D eigenvalue weighted by molar-refractivity contribution is -0.0514. The van der Waals surface area contributed by atoms with E-state index in [-0.39, 0.29) is 12.2 Å². The van der Waals surface area contributed by atoms with Crippen LogP contribution in [0.15, 0.2) is 42.6 Å². The molecule has 128 valence electrons. The van der Waals surface area contributed by atoms with Crippen molar-refractivity contribution in [3.8, 4) is 5.88 Å². The smallest absolute Gasteiger partial charge is 0.228 e. The normalized spacial score (nSPS) is 20.8. The largest absolute Gasteiger partial charge is 0.473 e. The topological polar surface area (TPSA) is 56.7 Å². The van der Waals surface area contributed by atoms with Gasteiger partial charge in [0.15, 0.2) is 0 Å². The summed E-state index contributed by atoms with van der Waals surface area (Å²) in [6, 6.07) is 11.8. The average Bonchev–Trinajstić information content (AvgIpc) is 2.61. The Labute approximate surface area is 142 Å². The van der Waals surface area contributed by atoms with Crippen LogP contribution in [0.4, 0.5) is 5.95 Å². The van der Waals surface area contributed by atoms with Gasteiger partial charge >= 0.3 is 0 Å². The Morgan fingerprint density at radius 2 is 2.04 bits per heavy atom. The predicted octanol–water partition coefficient (Wildman–Crippen LogP) is 2.30. The maximum atomic E-state index is 5.86. The molecule has 0 bridgehead atoms. The lowest BCUT2D eigenvalue weighted by atomic mass is 10.2. The predicted molar refractivity (Wildman–Crippen MR) is 91.2 cm³/mol. The van der Waals surface area contributed by atoms with E-state index in [9.17, 15) is 0 Å². The molecule has 0 amide bonds. The Kier molecular flexibility index (Phi) is 5.61. The molecule has 6 nitrogen and oxygen atoms in total. The summed E-state index contributed by atoms with van der Waals surface area (Å²) < 4.78 is 16.9. The highest BCUT2D eigenvalue weighted by molar-refractivity contribution is 5.33. The fraction of sp³-hybridized carbons (Fsp3) is 0.444. The van der Waals surface area contributed by atoms with E-state index in [2.05, 4.69) is 14.9 Å². The fourth-order valence-corrected chi connectivity index (χ4v) is 2.78. The van der Waals surface area contributed by atoms with Crippen molar-refractivity contribution >= 4 is 5.95 Å². The standard InChI is InChI=1S/C18H23N3O3/c1-14-10-21(11-16(24-14)13-22-2)18-19-9-8-17(20-18)23-12-15-6-4-3-5-7-15/h3-9,14,16H,10-13H2,1-2H3. The lowest BCUT2D eigenvalue weighted by Crippen LogP contribution is -2.48. The highest BCUT2D eigenvalue weighted by Gasteiger charge is 2.27. The van der Waals surface area contributed by atoms with E-state index in [4.69, 9.17) is 14.2 Å². The molecule has 3 rings (SSSR count). The molecule has 0 spiro atoms. The first kappa shape index (κ1) is 16.7. The highest BCUT2D eigenvalue weighted by Crippen LogP contribution is 2.19. The van der Waals surface area contributed by atoms with Crippen LogP contribution in [0.2, 0.25) is 0 Å². The molecule has 2 heterocycles. The second-order valence-corrected chi connectivity index (χ2v) is 5.90. The molecule has 1 fully saturated rings. The molecule has 2 aromatic rings. The van der Waals surface area contributed by atoms with E-state index in [1.165, 1.54) is 0 Å². The third-order valence-corrected chi connectivity index (χ3v) is 3.81. The zero-order chi connectivity index (χ0) is 16.8. The third kappa shape index (κ3) is 4.43. The summed E-state index contributed by atoms with van der Waals surface area (Å²) in [6.45, 7) is 4.56. The molecule has 0 radical (unpaired) electrons. The van der Waals surface area contributed by atoms with Gasteiger partial charge in [-0.05, 0) is 12.5 Å². The number of methoxy groups -OCH3 is 1. The fourth-order valence-electron chi connectivity index (χ4n) is 2.78. The van der Waals surface area contributed by atoms with Crippen LogP contribution < -0.4 is 9.64 Å². The monoisotopic (exact) mass is 329 g/mol. The summed E-state index contributed by atoms with van der Waals surface area (Å²) in [5.74, 6) is 1.24. The lowest BCUT2D eigenvalue weighted by Gasteiger charge is -2.36. The van der Waals surface area contributed by atoms with Gasteiger partial charge in [-0.15, -0.1) is 0 Å². The van der Waals surface area contributed by atoms with Crippen molar-refractivity contribution < 1.29 is 14.2 Å². The highest BCUT2D eigenvalue weighted by atomic mass is 16.5. The van der Waals surface area contributed by atoms with E-state index < -0.39 is 0 Å². The van der Waals surface area contributed by atoms with E-state index in [0.717, 1.165) is 12.1 Å². The molecular formula is C18H23N3O3. The average molecular weight is 329 g/mol. The Morgan fingerprint density at radius 3 is 2.83 bits per heavy atom. The molecule has 2 atom stereocenters. The van der Waals surface area contributed by atoms with Gasteiger partial charge < -0.3 is 19.1 Å². The van der Waals surface area contributed by atoms with Gasteiger partial charge in [0.25, 0.3) is 0 Å². The number of anilines is 1. The maximum absolute atomic E-state index is 5.86. The van der Waals surface area contributed by atoms with Gasteiger partial charge in [-0.1, -0.05) is 30.3 Å². The molecule has 1 aliphatic heterocycles. The van der Waals surface area contributed by atoms with E-state index in [1.54, 1.807) is 19.4 Å². The molecule has 0 aliphatic carbocycles. The second-order valence-electron chi connectivity index (χ2n) is 5.90. The van der Waals surface area contributed by atoms with Crippen LogP contribution >= 0.6 is 0 Å². The Hall–Kier alpha value is -2.18. The molecule has 24 heavy (non-hydrogen) atoms. The summed E-state index contributed by atoms with van der Waals surface area (Å²) in [5.41, 5.74) is 1.11. The summed E-state index contributed by atoms with van der Waals surface area (Å²) in [5, 5.41) is 0. The number of morpholine rings is 1. The summed E-state index contributed by atoms with van der Waals surface area (Å²) in [4.78, 5) is 11.0. The SMILES string of the molecule is COCC1CN(c2nccc(OCc3ccccc3)n2)CC(C)O1. The first-order chi connectivity index (χ1) is 11.7. The van der Waals surface area contributed by atoms with Gasteiger partial charge in [-0.2, -0.15) is 4.98 Å². The third-order valence-electron chi connectivity index (χ3n) is 3.81. The van der Waals surface area contributed by atoms with Crippen molar-refractivity contribution in [3.63, 3.8) is 0 Å². The second kappa shape index (κ2) is 8.08. The van der Waals surface area contributed by atoms with E-state index in [1.807, 2.05) is 37.3 Å². The van der Waals surface area contributed by atoms with Crippen molar-refractivity contribution in [3.05, 3.63) is 48.2 Å². The van der Waals surface area contributed by atoms with Crippen LogP contribution in [0.1, 0.15) is 12.5 Å². The Morgan fingerprint density at radius 1 is 1.21 bits per heavy atom. The van der Waals surface area contributed by atoms with Gasteiger partial charge in [-0.3, -0.25) is 0 Å². The maximum Gasteiger partial charge on any atom is 0.228 e. The molecule has 1 saturated heterocycles.